The van der Waals surface area contributed by atoms with Gasteiger partial charge in [-0.15, -0.1) is 0 Å². The SMILES string of the molecule is O=c1c2cc(Cl)ccc2ncn1CC(O)COCc1ccccc1F. The summed E-state index contributed by atoms with van der Waals surface area (Å²) in [6.45, 7) is 0.0319. The second-order valence-electron chi connectivity index (χ2n) is 5.62. The van der Waals surface area contributed by atoms with E-state index in [0.29, 0.717) is 21.5 Å². The molecule has 1 N–H and O–H groups in total. The molecule has 25 heavy (non-hydrogen) atoms. The minimum absolute atomic E-state index is 0.0194. The molecule has 0 fully saturated rings. The van der Waals surface area contributed by atoms with Crippen LogP contribution in [0.1, 0.15) is 5.56 Å². The van der Waals surface area contributed by atoms with Gasteiger partial charge in [0, 0.05) is 10.6 Å². The summed E-state index contributed by atoms with van der Waals surface area (Å²) in [7, 11) is 0. The van der Waals surface area contributed by atoms with Crippen LogP contribution in [-0.4, -0.2) is 27.4 Å². The fourth-order valence-electron chi connectivity index (χ4n) is 2.46. The Morgan fingerprint density at radius 2 is 2.08 bits per heavy atom. The molecule has 0 spiro atoms. The Balaban J connectivity index is 1.64. The van der Waals surface area contributed by atoms with Crippen molar-refractivity contribution in [2.75, 3.05) is 6.61 Å². The van der Waals surface area contributed by atoms with E-state index in [9.17, 15) is 14.3 Å². The molecule has 1 aromatic heterocycles. The van der Waals surface area contributed by atoms with E-state index in [1.807, 2.05) is 0 Å². The molecule has 0 amide bonds. The molecule has 0 saturated heterocycles. The number of hydrogen-bond acceptors (Lipinski definition) is 4. The normalized spacial score (nSPS) is 12.4. The highest BCUT2D eigenvalue weighted by molar-refractivity contribution is 6.31. The Kier molecular flexibility index (Phi) is 5.43. The van der Waals surface area contributed by atoms with Crippen molar-refractivity contribution in [1.29, 1.82) is 0 Å². The lowest BCUT2D eigenvalue weighted by Crippen LogP contribution is -2.29. The number of halogens is 2. The number of nitrogens with zero attached hydrogens (tertiary/aromatic N) is 2. The molecule has 2 aromatic carbocycles. The minimum Gasteiger partial charge on any atom is -0.389 e. The number of hydrogen-bond donors (Lipinski definition) is 1. The van der Waals surface area contributed by atoms with Gasteiger partial charge in [-0.25, -0.2) is 9.37 Å². The van der Waals surface area contributed by atoms with Crippen LogP contribution in [0.5, 0.6) is 0 Å². The van der Waals surface area contributed by atoms with Crippen molar-refractivity contribution >= 4 is 22.5 Å². The number of rotatable bonds is 6. The smallest absolute Gasteiger partial charge is 0.261 e. The van der Waals surface area contributed by atoms with E-state index in [2.05, 4.69) is 4.98 Å². The summed E-state index contributed by atoms with van der Waals surface area (Å²) < 4.78 is 20.1. The van der Waals surface area contributed by atoms with Crippen molar-refractivity contribution in [3.05, 3.63) is 75.5 Å². The van der Waals surface area contributed by atoms with Gasteiger partial charge in [0.2, 0.25) is 0 Å². The summed E-state index contributed by atoms with van der Waals surface area (Å²) in [5, 5.41) is 10.9. The molecular weight excluding hydrogens is 347 g/mol. The van der Waals surface area contributed by atoms with Gasteiger partial charge >= 0.3 is 0 Å². The number of aliphatic hydroxyl groups is 1. The molecule has 0 bridgehead atoms. The Labute approximate surface area is 148 Å². The average molecular weight is 363 g/mol. The molecule has 0 aliphatic heterocycles. The van der Waals surface area contributed by atoms with Crippen molar-refractivity contribution < 1.29 is 14.2 Å². The molecule has 1 atom stereocenters. The predicted octanol–water partition coefficient (Wildman–Crippen LogP) is 2.77. The van der Waals surface area contributed by atoms with Gasteiger partial charge in [0.15, 0.2) is 0 Å². The first kappa shape index (κ1) is 17.5. The minimum atomic E-state index is -0.928. The van der Waals surface area contributed by atoms with Crippen molar-refractivity contribution in [2.24, 2.45) is 0 Å². The van der Waals surface area contributed by atoms with E-state index in [0.717, 1.165) is 0 Å². The number of aliphatic hydroxyl groups excluding tert-OH is 1. The number of aromatic nitrogens is 2. The molecule has 0 radical (unpaired) electrons. The van der Waals surface area contributed by atoms with Gasteiger partial charge in [-0.05, 0) is 24.3 Å². The average Bonchev–Trinajstić information content (AvgIpc) is 2.59. The monoisotopic (exact) mass is 362 g/mol. The lowest BCUT2D eigenvalue weighted by atomic mass is 10.2. The topological polar surface area (TPSA) is 64.4 Å². The summed E-state index contributed by atoms with van der Waals surface area (Å²) in [4.78, 5) is 16.6. The zero-order valence-electron chi connectivity index (χ0n) is 13.2. The van der Waals surface area contributed by atoms with Crippen LogP contribution in [0.15, 0.2) is 53.6 Å². The zero-order valence-corrected chi connectivity index (χ0v) is 14.0. The third-order valence-corrected chi connectivity index (χ3v) is 3.95. The van der Waals surface area contributed by atoms with Gasteiger partial charge in [0.25, 0.3) is 5.56 Å². The molecule has 7 heteroatoms. The highest BCUT2D eigenvalue weighted by atomic mass is 35.5. The largest absolute Gasteiger partial charge is 0.389 e. The Morgan fingerprint density at radius 1 is 1.28 bits per heavy atom. The van der Waals surface area contributed by atoms with Gasteiger partial charge in [-0.3, -0.25) is 9.36 Å². The lowest BCUT2D eigenvalue weighted by Gasteiger charge is -2.13. The summed E-state index contributed by atoms with van der Waals surface area (Å²) in [5.74, 6) is -0.358. The molecule has 1 heterocycles. The van der Waals surface area contributed by atoms with Crippen LogP contribution >= 0.6 is 11.6 Å². The lowest BCUT2D eigenvalue weighted by molar-refractivity contribution is 0.0189. The first-order chi connectivity index (χ1) is 12.0. The molecule has 3 rings (SSSR count). The highest BCUT2D eigenvalue weighted by Crippen LogP contribution is 2.14. The molecule has 1 unspecified atom stereocenters. The van der Waals surface area contributed by atoms with Crippen molar-refractivity contribution in [3.8, 4) is 0 Å². The number of benzene rings is 2. The van der Waals surface area contributed by atoms with Crippen LogP contribution in [0, 0.1) is 5.82 Å². The van der Waals surface area contributed by atoms with E-state index in [4.69, 9.17) is 16.3 Å². The molecule has 0 saturated carbocycles. The number of ether oxygens (including phenoxy) is 1. The van der Waals surface area contributed by atoms with Crippen molar-refractivity contribution in [2.45, 2.75) is 19.3 Å². The van der Waals surface area contributed by atoms with E-state index in [1.54, 1.807) is 36.4 Å². The van der Waals surface area contributed by atoms with Crippen molar-refractivity contribution in [3.63, 3.8) is 0 Å². The van der Waals surface area contributed by atoms with Crippen LogP contribution in [-0.2, 0) is 17.9 Å². The van der Waals surface area contributed by atoms with Gasteiger partial charge < -0.3 is 9.84 Å². The maximum atomic E-state index is 13.5. The van der Waals surface area contributed by atoms with Gasteiger partial charge in [-0.1, -0.05) is 29.8 Å². The summed E-state index contributed by atoms with van der Waals surface area (Å²) >= 11 is 5.91. The Bertz CT molecular complexity index is 945. The van der Waals surface area contributed by atoms with Crippen LogP contribution < -0.4 is 5.56 Å². The van der Waals surface area contributed by atoms with E-state index >= 15 is 0 Å². The van der Waals surface area contributed by atoms with Crippen LogP contribution in [0.2, 0.25) is 5.02 Å². The Morgan fingerprint density at radius 3 is 2.88 bits per heavy atom. The molecule has 5 nitrogen and oxygen atoms in total. The predicted molar refractivity (Wildman–Crippen MR) is 93.1 cm³/mol. The molecule has 130 valence electrons. The molecule has 0 aliphatic carbocycles. The fourth-order valence-corrected chi connectivity index (χ4v) is 2.63. The fraction of sp³-hybridized carbons (Fsp3) is 0.222. The third-order valence-electron chi connectivity index (χ3n) is 3.72. The standard InChI is InChI=1S/C18H16ClFN2O3/c19-13-5-6-17-15(7-13)18(24)22(11-21-17)8-14(23)10-25-9-12-3-1-2-4-16(12)20/h1-7,11,14,23H,8-10H2. The quantitative estimate of drug-likeness (QED) is 0.732. The van der Waals surface area contributed by atoms with Crippen molar-refractivity contribution in [1.82, 2.24) is 9.55 Å². The van der Waals surface area contributed by atoms with Gasteiger partial charge in [0.05, 0.1) is 43.1 Å². The van der Waals surface area contributed by atoms with E-state index < -0.39 is 6.10 Å². The van der Waals surface area contributed by atoms with Gasteiger partial charge in [0.1, 0.15) is 5.82 Å². The number of fused-ring (bicyclic) bond motifs is 1. The maximum Gasteiger partial charge on any atom is 0.261 e. The van der Waals surface area contributed by atoms with Crippen LogP contribution in [0.4, 0.5) is 4.39 Å². The Hall–Kier alpha value is -2.28. The third kappa shape index (κ3) is 4.22. The molecule has 0 aliphatic rings. The van der Waals surface area contributed by atoms with Crippen LogP contribution in [0.25, 0.3) is 10.9 Å². The van der Waals surface area contributed by atoms with Gasteiger partial charge in [-0.2, -0.15) is 0 Å². The molecular formula is C18H16ClFN2O3. The maximum absolute atomic E-state index is 13.5. The zero-order chi connectivity index (χ0) is 17.8. The van der Waals surface area contributed by atoms with Crippen LogP contribution in [0.3, 0.4) is 0 Å². The summed E-state index contributed by atoms with van der Waals surface area (Å²) in [6, 6.07) is 11.1. The second kappa shape index (κ2) is 7.74. The van der Waals surface area contributed by atoms with E-state index in [-0.39, 0.29) is 31.1 Å². The summed E-state index contributed by atoms with van der Waals surface area (Å²) in [6.07, 6.45) is 0.446. The molecule has 3 aromatic rings. The first-order valence-electron chi connectivity index (χ1n) is 7.68. The highest BCUT2D eigenvalue weighted by Gasteiger charge is 2.11. The summed E-state index contributed by atoms with van der Waals surface area (Å²) in [5.41, 5.74) is 0.658. The first-order valence-corrected chi connectivity index (χ1v) is 8.06. The second-order valence-corrected chi connectivity index (χ2v) is 6.06. The van der Waals surface area contributed by atoms with E-state index in [1.165, 1.54) is 17.0 Å².